The van der Waals surface area contributed by atoms with E-state index < -0.39 is 0 Å². The van der Waals surface area contributed by atoms with Gasteiger partial charge >= 0.3 is 0 Å². The summed E-state index contributed by atoms with van der Waals surface area (Å²) in [6.07, 6.45) is 9.82. The molecular weight excluding hydrogens is 484 g/mol. The van der Waals surface area contributed by atoms with Crippen LogP contribution in [-0.2, 0) is 16.0 Å². The first-order valence-electron chi connectivity index (χ1n) is 13.6. The van der Waals surface area contributed by atoms with Gasteiger partial charge < -0.3 is 15.0 Å². The number of aromatic nitrogens is 2. The van der Waals surface area contributed by atoms with E-state index in [1.165, 1.54) is 11.1 Å². The zero-order valence-electron chi connectivity index (χ0n) is 22.4. The van der Waals surface area contributed by atoms with Crippen molar-refractivity contribution in [2.75, 3.05) is 6.61 Å². The number of fused-ring (bicyclic) bond motifs is 6. The number of Topliss-reactive ketones (excluding diaryl/α,β-unsaturated/α-hetero) is 1. The van der Waals surface area contributed by atoms with Crippen molar-refractivity contribution in [1.82, 2.24) is 9.78 Å². The van der Waals surface area contributed by atoms with Crippen molar-refractivity contribution < 1.29 is 19.8 Å². The number of aliphatic hydroxyl groups excluding tert-OH is 2. The molecule has 2 N–H and O–H groups in total. The molecule has 0 saturated heterocycles. The smallest absolute Gasteiger partial charge is 0.145 e. The minimum atomic E-state index is -0.361. The molecule has 0 amide bonds. The maximum absolute atomic E-state index is 13.6. The number of aldehydes is 1. The molecular formula is C30H40N2O4S. The van der Waals surface area contributed by atoms with Crippen LogP contribution in [0.3, 0.4) is 0 Å². The number of hydrogen-bond donors (Lipinski definition) is 3. The van der Waals surface area contributed by atoms with Crippen LogP contribution in [0.1, 0.15) is 71.1 Å². The van der Waals surface area contributed by atoms with Gasteiger partial charge in [-0.2, -0.15) is 5.10 Å². The van der Waals surface area contributed by atoms with Crippen LogP contribution in [-0.4, -0.2) is 44.8 Å². The molecule has 1 aromatic carbocycles. The lowest BCUT2D eigenvalue weighted by Crippen LogP contribution is -2.55. The third-order valence-corrected chi connectivity index (χ3v) is 9.60. The second-order valence-electron chi connectivity index (χ2n) is 11.1. The van der Waals surface area contributed by atoms with E-state index in [-0.39, 0.29) is 29.5 Å². The summed E-state index contributed by atoms with van der Waals surface area (Å²) in [6.45, 7) is 8.12. The lowest BCUT2D eigenvalue weighted by Gasteiger charge is -2.56. The van der Waals surface area contributed by atoms with Crippen LogP contribution < -0.4 is 0 Å². The number of carbonyl (C=O) groups is 2. The number of allylic oxidation sites excluding steroid dienone is 1. The van der Waals surface area contributed by atoms with Crippen LogP contribution in [0.4, 0.5) is 0 Å². The number of thiol groups is 1. The Morgan fingerprint density at radius 2 is 1.81 bits per heavy atom. The van der Waals surface area contributed by atoms with Gasteiger partial charge in [0.05, 0.1) is 30.3 Å². The van der Waals surface area contributed by atoms with Crippen LogP contribution in [0, 0.1) is 28.6 Å². The largest absolute Gasteiger partial charge is 0.393 e. The summed E-state index contributed by atoms with van der Waals surface area (Å²) in [7, 11) is 0. The Bertz CT molecular complexity index is 1170. The number of hydrogen-bond acceptors (Lipinski definition) is 6. The molecule has 3 fully saturated rings. The Hall–Kier alpha value is -2.22. The van der Waals surface area contributed by atoms with Crippen molar-refractivity contribution in [3.05, 3.63) is 47.3 Å². The summed E-state index contributed by atoms with van der Waals surface area (Å²) in [5, 5.41) is 22.9. The summed E-state index contributed by atoms with van der Waals surface area (Å²) in [6, 6.07) is 8.09. The van der Waals surface area contributed by atoms with E-state index in [0.717, 1.165) is 48.4 Å². The zero-order chi connectivity index (χ0) is 27.0. The molecule has 6 nitrogen and oxygen atoms in total. The van der Waals surface area contributed by atoms with Crippen molar-refractivity contribution in [2.45, 2.75) is 77.2 Å². The van der Waals surface area contributed by atoms with Crippen molar-refractivity contribution in [3.8, 4) is 5.69 Å². The van der Waals surface area contributed by atoms with Crippen LogP contribution in [0.2, 0.25) is 0 Å². The molecule has 4 aliphatic rings. The summed E-state index contributed by atoms with van der Waals surface area (Å²) in [5.74, 6) is 1.30. The highest BCUT2D eigenvalue weighted by molar-refractivity contribution is 7.80. The van der Waals surface area contributed by atoms with Crippen LogP contribution in [0.5, 0.6) is 0 Å². The summed E-state index contributed by atoms with van der Waals surface area (Å²) in [4.78, 5) is 23.4. The first-order valence-corrected chi connectivity index (χ1v) is 14.0. The quantitative estimate of drug-likeness (QED) is 0.376. The molecule has 1 heterocycles. The minimum absolute atomic E-state index is 0.0656. The van der Waals surface area contributed by atoms with Gasteiger partial charge in [-0.1, -0.05) is 33.3 Å². The van der Waals surface area contributed by atoms with E-state index in [1.54, 1.807) is 0 Å². The van der Waals surface area contributed by atoms with Gasteiger partial charge in [0.2, 0.25) is 0 Å². The molecule has 6 atom stereocenters. The molecule has 6 rings (SSSR count). The fourth-order valence-electron chi connectivity index (χ4n) is 7.66. The molecule has 37 heavy (non-hydrogen) atoms. The molecule has 0 aliphatic heterocycles. The van der Waals surface area contributed by atoms with Gasteiger partial charge in [-0.3, -0.25) is 4.79 Å². The maximum Gasteiger partial charge on any atom is 0.145 e. The zero-order valence-corrected chi connectivity index (χ0v) is 23.2. The van der Waals surface area contributed by atoms with Gasteiger partial charge in [-0.15, -0.1) is 12.6 Å². The summed E-state index contributed by atoms with van der Waals surface area (Å²) < 4.78 is 2.02. The highest BCUT2D eigenvalue weighted by Gasteiger charge is 2.62. The fraction of sp³-hybridized carbons (Fsp3) is 0.567. The van der Waals surface area contributed by atoms with Crippen molar-refractivity contribution >= 4 is 30.8 Å². The van der Waals surface area contributed by atoms with Gasteiger partial charge in [-0.25, -0.2) is 4.68 Å². The first-order chi connectivity index (χ1) is 17.7. The highest BCUT2D eigenvalue weighted by atomic mass is 32.1. The molecule has 200 valence electrons. The van der Waals surface area contributed by atoms with E-state index in [1.807, 2.05) is 36.9 Å². The molecule has 0 radical (unpaired) electrons. The van der Waals surface area contributed by atoms with Gasteiger partial charge in [-0.05, 0) is 79.8 Å². The van der Waals surface area contributed by atoms with Crippen LogP contribution in [0.15, 0.2) is 40.9 Å². The van der Waals surface area contributed by atoms with E-state index in [0.29, 0.717) is 30.3 Å². The molecule has 5 unspecified atom stereocenters. The Labute approximate surface area is 225 Å². The number of rotatable bonds is 2. The summed E-state index contributed by atoms with van der Waals surface area (Å²) >= 11 is 4.40. The SMILES string of the molecule is CC.CC12Cc3cnn(-c4ccc(S)cc4)c3C=C1CCC1C2C(=O)CC2(C)C1CC[C@H]2O.O=CCO. The lowest BCUT2D eigenvalue weighted by atomic mass is 9.47. The molecule has 1 aromatic heterocycles. The first kappa shape index (κ1) is 27.8. The predicted molar refractivity (Wildman–Crippen MR) is 148 cm³/mol. The van der Waals surface area contributed by atoms with Crippen LogP contribution in [0.25, 0.3) is 11.8 Å². The Balaban J connectivity index is 0.000000490. The molecule has 0 spiro atoms. The van der Waals surface area contributed by atoms with E-state index in [4.69, 9.17) is 15.0 Å². The number of ketones is 1. The van der Waals surface area contributed by atoms with E-state index in [9.17, 15) is 9.90 Å². The van der Waals surface area contributed by atoms with E-state index >= 15 is 0 Å². The highest BCUT2D eigenvalue weighted by Crippen LogP contribution is 2.64. The number of aliphatic hydroxyl groups is 2. The molecule has 7 heteroatoms. The lowest BCUT2D eigenvalue weighted by molar-refractivity contribution is -0.147. The number of carbonyl (C=O) groups excluding carboxylic acids is 2. The molecule has 3 saturated carbocycles. The molecule has 0 bridgehead atoms. The minimum Gasteiger partial charge on any atom is -0.393 e. The van der Waals surface area contributed by atoms with Gasteiger partial charge in [0.1, 0.15) is 12.1 Å². The van der Waals surface area contributed by atoms with Crippen LogP contribution >= 0.6 is 12.6 Å². The Kier molecular flexibility index (Phi) is 8.17. The third kappa shape index (κ3) is 4.64. The summed E-state index contributed by atoms with van der Waals surface area (Å²) in [5.41, 5.74) is 4.48. The second-order valence-corrected chi connectivity index (χ2v) is 11.6. The molecule has 2 aromatic rings. The topological polar surface area (TPSA) is 92.4 Å². The van der Waals surface area contributed by atoms with Gasteiger partial charge in [0.25, 0.3) is 0 Å². The standard InChI is InChI=1S/C26H30N2O2S.C2H4O2.C2H6/c1-25-12-15-14-27-28(17-4-6-18(31)7-5-17)21(15)11-16(25)3-8-19-20-9-10-23(30)26(20,2)13-22(29)24(19)25;3-1-2-4;1-2/h4-7,11,14,19-20,23-24,30-31H,3,8-10,12-13H2,1-2H3;1,4H,2H2;1-2H3/t19?,20?,23-,24?,25?,26?;;/m1../s1. The maximum atomic E-state index is 13.6. The Morgan fingerprint density at radius 1 is 1.14 bits per heavy atom. The Morgan fingerprint density at radius 3 is 2.46 bits per heavy atom. The van der Waals surface area contributed by atoms with Crippen molar-refractivity contribution in [1.29, 1.82) is 0 Å². The average molecular weight is 525 g/mol. The third-order valence-electron chi connectivity index (χ3n) is 9.30. The number of benzene rings is 1. The normalized spacial score (nSPS) is 33.3. The number of nitrogens with zero attached hydrogens (tertiary/aromatic N) is 2. The molecule has 4 aliphatic carbocycles. The van der Waals surface area contributed by atoms with Crippen molar-refractivity contribution in [2.24, 2.45) is 28.6 Å². The second kappa shape index (κ2) is 10.9. The fourth-order valence-corrected chi connectivity index (χ4v) is 7.81. The monoisotopic (exact) mass is 524 g/mol. The van der Waals surface area contributed by atoms with E-state index in [2.05, 4.69) is 44.7 Å². The predicted octanol–water partition coefficient (Wildman–Crippen LogP) is 5.09. The van der Waals surface area contributed by atoms with Gasteiger partial charge in [0.15, 0.2) is 0 Å². The van der Waals surface area contributed by atoms with Gasteiger partial charge in [0, 0.05) is 28.1 Å². The van der Waals surface area contributed by atoms with Crippen molar-refractivity contribution in [3.63, 3.8) is 0 Å². The average Bonchev–Trinajstić information content (AvgIpc) is 3.43.